The molecule has 0 amide bonds. The molecule has 2 aromatic rings. The van der Waals surface area contributed by atoms with Gasteiger partial charge in [-0.3, -0.25) is 4.98 Å². The van der Waals surface area contributed by atoms with Gasteiger partial charge in [0.1, 0.15) is 10.8 Å². The monoisotopic (exact) mass is 261 g/mol. The second kappa shape index (κ2) is 6.86. The van der Waals surface area contributed by atoms with Crippen LogP contribution in [-0.2, 0) is 0 Å². The number of para-hydroxylation sites is 2. The molecule has 18 heavy (non-hydrogen) atoms. The number of benzene rings is 1. The maximum absolute atomic E-state index is 5.78. The SMILES string of the molecule is Nc1ccccc1OCCCSc1cnccn1. The number of aromatic nitrogens is 2. The summed E-state index contributed by atoms with van der Waals surface area (Å²) < 4.78 is 5.60. The Bertz CT molecular complexity index is 479. The summed E-state index contributed by atoms with van der Waals surface area (Å²) in [5.74, 6) is 1.70. The Morgan fingerprint density at radius 1 is 1.22 bits per heavy atom. The maximum Gasteiger partial charge on any atom is 0.142 e. The number of hydrogen-bond donors (Lipinski definition) is 1. The van der Waals surface area contributed by atoms with Crippen molar-refractivity contribution in [1.82, 2.24) is 9.97 Å². The van der Waals surface area contributed by atoms with Gasteiger partial charge >= 0.3 is 0 Å². The van der Waals surface area contributed by atoms with Crippen LogP contribution in [0.4, 0.5) is 5.69 Å². The van der Waals surface area contributed by atoms with Gasteiger partial charge in [-0.1, -0.05) is 12.1 Å². The highest BCUT2D eigenvalue weighted by molar-refractivity contribution is 7.99. The lowest BCUT2D eigenvalue weighted by molar-refractivity contribution is 0.320. The first-order chi connectivity index (χ1) is 8.86. The number of nitrogen functional groups attached to an aromatic ring is 1. The Kier molecular flexibility index (Phi) is 4.84. The van der Waals surface area contributed by atoms with Crippen molar-refractivity contribution in [3.05, 3.63) is 42.9 Å². The summed E-state index contributed by atoms with van der Waals surface area (Å²) in [5.41, 5.74) is 6.46. The van der Waals surface area contributed by atoms with E-state index < -0.39 is 0 Å². The lowest BCUT2D eigenvalue weighted by atomic mass is 10.3. The maximum atomic E-state index is 5.78. The van der Waals surface area contributed by atoms with Gasteiger partial charge in [-0.2, -0.15) is 0 Å². The molecule has 0 spiro atoms. The van der Waals surface area contributed by atoms with Crippen LogP contribution in [0, 0.1) is 0 Å². The highest BCUT2D eigenvalue weighted by Gasteiger charge is 1.99. The van der Waals surface area contributed by atoms with Crippen molar-refractivity contribution in [1.29, 1.82) is 0 Å². The zero-order valence-electron chi connectivity index (χ0n) is 9.95. The van der Waals surface area contributed by atoms with Gasteiger partial charge in [-0.15, -0.1) is 11.8 Å². The largest absolute Gasteiger partial charge is 0.491 e. The third-order valence-corrected chi connectivity index (χ3v) is 3.25. The molecule has 4 nitrogen and oxygen atoms in total. The van der Waals surface area contributed by atoms with Gasteiger partial charge in [-0.25, -0.2) is 4.98 Å². The van der Waals surface area contributed by atoms with Crippen LogP contribution in [0.5, 0.6) is 5.75 Å². The van der Waals surface area contributed by atoms with E-state index in [1.54, 1.807) is 30.4 Å². The van der Waals surface area contributed by atoms with E-state index in [-0.39, 0.29) is 0 Å². The quantitative estimate of drug-likeness (QED) is 0.492. The van der Waals surface area contributed by atoms with Crippen LogP contribution in [0.2, 0.25) is 0 Å². The molecule has 0 bridgehead atoms. The fourth-order valence-corrected chi connectivity index (χ4v) is 2.13. The molecule has 0 aliphatic carbocycles. The fraction of sp³-hybridized carbons (Fsp3) is 0.231. The summed E-state index contributed by atoms with van der Waals surface area (Å²) in [6.45, 7) is 0.654. The van der Waals surface area contributed by atoms with Crippen molar-refractivity contribution in [2.75, 3.05) is 18.1 Å². The second-order valence-electron chi connectivity index (χ2n) is 3.63. The smallest absolute Gasteiger partial charge is 0.142 e. The van der Waals surface area contributed by atoms with Crippen LogP contribution in [0.3, 0.4) is 0 Å². The molecule has 0 unspecified atom stereocenters. The minimum atomic E-state index is 0.654. The van der Waals surface area contributed by atoms with Crippen LogP contribution in [0.1, 0.15) is 6.42 Å². The average Bonchev–Trinajstić information content (AvgIpc) is 2.42. The lowest BCUT2D eigenvalue weighted by Gasteiger charge is -2.07. The summed E-state index contributed by atoms with van der Waals surface area (Å²) in [5, 5.41) is 0.941. The third kappa shape index (κ3) is 3.92. The number of hydrogen-bond acceptors (Lipinski definition) is 5. The third-order valence-electron chi connectivity index (χ3n) is 2.25. The molecule has 5 heteroatoms. The summed E-state index contributed by atoms with van der Waals surface area (Å²) in [4.78, 5) is 8.20. The van der Waals surface area contributed by atoms with E-state index in [1.807, 2.05) is 24.3 Å². The molecule has 0 saturated carbocycles. The first-order valence-corrected chi connectivity index (χ1v) is 6.71. The number of rotatable bonds is 6. The van der Waals surface area contributed by atoms with Gasteiger partial charge in [0.2, 0.25) is 0 Å². The molecule has 0 aliphatic heterocycles. The van der Waals surface area contributed by atoms with Crippen LogP contribution < -0.4 is 10.5 Å². The minimum absolute atomic E-state index is 0.654. The van der Waals surface area contributed by atoms with Crippen molar-refractivity contribution in [3.8, 4) is 5.75 Å². The van der Waals surface area contributed by atoms with Crippen molar-refractivity contribution < 1.29 is 4.74 Å². The number of thioether (sulfide) groups is 1. The predicted octanol–water partition coefficient (Wildman–Crippen LogP) is 2.62. The highest BCUT2D eigenvalue weighted by atomic mass is 32.2. The van der Waals surface area contributed by atoms with Crippen LogP contribution in [0.15, 0.2) is 47.9 Å². The van der Waals surface area contributed by atoms with Crippen LogP contribution >= 0.6 is 11.8 Å². The molecule has 0 radical (unpaired) electrons. The zero-order chi connectivity index (χ0) is 12.6. The predicted molar refractivity (Wildman–Crippen MR) is 73.7 cm³/mol. The molecule has 1 aromatic carbocycles. The van der Waals surface area contributed by atoms with E-state index in [0.717, 1.165) is 22.9 Å². The molecule has 0 saturated heterocycles. The van der Waals surface area contributed by atoms with Crippen molar-refractivity contribution in [2.45, 2.75) is 11.4 Å². The minimum Gasteiger partial charge on any atom is -0.491 e. The molecular formula is C13H15N3OS. The van der Waals surface area contributed by atoms with E-state index in [9.17, 15) is 0 Å². The first kappa shape index (κ1) is 12.7. The van der Waals surface area contributed by atoms with Crippen molar-refractivity contribution in [2.24, 2.45) is 0 Å². The van der Waals surface area contributed by atoms with Gasteiger partial charge < -0.3 is 10.5 Å². The number of nitrogens with two attached hydrogens (primary N) is 1. The van der Waals surface area contributed by atoms with Gasteiger partial charge in [0.25, 0.3) is 0 Å². The summed E-state index contributed by atoms with van der Waals surface area (Å²) >= 11 is 1.67. The van der Waals surface area contributed by atoms with Gasteiger partial charge in [0, 0.05) is 18.1 Å². The zero-order valence-corrected chi connectivity index (χ0v) is 10.8. The Hall–Kier alpha value is -1.75. The molecule has 2 rings (SSSR count). The average molecular weight is 261 g/mol. The van der Waals surface area contributed by atoms with Crippen molar-refractivity contribution >= 4 is 17.4 Å². The highest BCUT2D eigenvalue weighted by Crippen LogP contribution is 2.20. The van der Waals surface area contributed by atoms with Gasteiger partial charge in [-0.05, 0) is 18.6 Å². The molecule has 94 valence electrons. The Balaban J connectivity index is 1.66. The Labute approximate surface area is 111 Å². The topological polar surface area (TPSA) is 61.0 Å². The summed E-state index contributed by atoms with van der Waals surface area (Å²) in [7, 11) is 0. The summed E-state index contributed by atoms with van der Waals surface area (Å²) in [6.07, 6.45) is 6.07. The van der Waals surface area contributed by atoms with E-state index in [0.29, 0.717) is 12.3 Å². The van der Waals surface area contributed by atoms with E-state index in [4.69, 9.17) is 10.5 Å². The van der Waals surface area contributed by atoms with E-state index >= 15 is 0 Å². The molecular weight excluding hydrogens is 246 g/mol. The molecule has 1 heterocycles. The molecule has 2 N–H and O–H groups in total. The van der Waals surface area contributed by atoms with Gasteiger partial charge in [0.15, 0.2) is 0 Å². The molecule has 1 aromatic heterocycles. The van der Waals surface area contributed by atoms with Crippen LogP contribution in [0.25, 0.3) is 0 Å². The number of anilines is 1. The second-order valence-corrected chi connectivity index (χ2v) is 4.75. The van der Waals surface area contributed by atoms with Crippen molar-refractivity contribution in [3.63, 3.8) is 0 Å². The van der Waals surface area contributed by atoms with Crippen LogP contribution in [-0.4, -0.2) is 22.3 Å². The molecule has 0 atom stereocenters. The number of ether oxygens (including phenoxy) is 1. The molecule has 0 aliphatic rings. The Morgan fingerprint density at radius 2 is 2.11 bits per heavy atom. The van der Waals surface area contributed by atoms with E-state index in [1.165, 1.54) is 0 Å². The normalized spacial score (nSPS) is 10.2. The number of nitrogens with zero attached hydrogens (tertiary/aromatic N) is 2. The van der Waals surface area contributed by atoms with E-state index in [2.05, 4.69) is 9.97 Å². The van der Waals surface area contributed by atoms with Gasteiger partial charge in [0.05, 0.1) is 18.5 Å². The first-order valence-electron chi connectivity index (χ1n) is 5.72. The fourth-order valence-electron chi connectivity index (χ4n) is 1.39. The standard InChI is InChI=1S/C13H15N3OS/c14-11-4-1-2-5-12(11)17-8-3-9-18-13-10-15-6-7-16-13/h1-2,4-7,10H,3,8-9,14H2. The summed E-state index contributed by atoms with van der Waals surface area (Å²) in [6, 6.07) is 7.53. The Morgan fingerprint density at radius 3 is 2.89 bits per heavy atom. The lowest BCUT2D eigenvalue weighted by Crippen LogP contribution is -2.01. The molecule has 0 fully saturated rings.